The third-order valence-corrected chi connectivity index (χ3v) is 7.83. The maximum atomic E-state index is 15.0. The molecule has 0 aliphatic carbocycles. The van der Waals surface area contributed by atoms with Gasteiger partial charge in [0.1, 0.15) is 18.0 Å². The summed E-state index contributed by atoms with van der Waals surface area (Å²) in [6.45, 7) is 12.4. The second kappa shape index (κ2) is 11.9. The molecule has 1 unspecified atom stereocenters. The summed E-state index contributed by atoms with van der Waals surface area (Å²) in [5, 5.41) is 3.18. The van der Waals surface area contributed by atoms with E-state index in [0.29, 0.717) is 23.3 Å². The molecule has 0 radical (unpaired) electrons. The van der Waals surface area contributed by atoms with Crippen molar-refractivity contribution in [2.45, 2.75) is 79.1 Å². The minimum atomic E-state index is -3.30. The van der Waals surface area contributed by atoms with E-state index in [9.17, 15) is 18.4 Å². The third kappa shape index (κ3) is 6.99. The molecule has 38 heavy (non-hydrogen) atoms. The number of likely N-dealkylation sites (tertiary alicyclic amines) is 1. The van der Waals surface area contributed by atoms with Crippen LogP contribution >= 0.6 is 22.7 Å². The van der Waals surface area contributed by atoms with Gasteiger partial charge in [-0.05, 0) is 59.2 Å². The number of benzene rings is 1. The summed E-state index contributed by atoms with van der Waals surface area (Å²) in [5.74, 6) is -3.28. The minimum absolute atomic E-state index is 0.0633. The molecule has 0 saturated carbocycles. The van der Waals surface area contributed by atoms with E-state index >= 15 is 0 Å². The molecular formula is C27H35F2N3O4S2. The van der Waals surface area contributed by atoms with Crippen LogP contribution in [0, 0.1) is 13.8 Å². The zero-order valence-electron chi connectivity index (χ0n) is 22.8. The summed E-state index contributed by atoms with van der Waals surface area (Å²) in [4.78, 5) is 32.4. The van der Waals surface area contributed by atoms with Gasteiger partial charge in [-0.25, -0.2) is 18.6 Å². The van der Waals surface area contributed by atoms with E-state index in [1.165, 1.54) is 22.7 Å². The van der Waals surface area contributed by atoms with E-state index in [0.717, 1.165) is 25.0 Å². The van der Waals surface area contributed by atoms with Gasteiger partial charge in [-0.3, -0.25) is 4.79 Å². The number of aromatic nitrogens is 1. The molecule has 1 saturated heterocycles. The van der Waals surface area contributed by atoms with E-state index in [2.05, 4.69) is 10.3 Å². The number of amides is 2. The Labute approximate surface area is 230 Å². The van der Waals surface area contributed by atoms with Gasteiger partial charge < -0.3 is 19.7 Å². The van der Waals surface area contributed by atoms with E-state index in [1.54, 1.807) is 39.3 Å². The topological polar surface area (TPSA) is 80.8 Å². The van der Waals surface area contributed by atoms with Crippen LogP contribution in [0.1, 0.15) is 66.8 Å². The highest BCUT2D eigenvalue weighted by Crippen LogP contribution is 2.35. The maximum absolute atomic E-state index is 15.0. The van der Waals surface area contributed by atoms with Gasteiger partial charge in [0.15, 0.2) is 0 Å². The summed E-state index contributed by atoms with van der Waals surface area (Å²) >= 11 is 2.93. The van der Waals surface area contributed by atoms with Gasteiger partial charge in [0, 0.05) is 21.5 Å². The summed E-state index contributed by atoms with van der Waals surface area (Å²) < 4.78 is 41.9. The van der Waals surface area contributed by atoms with Crippen LogP contribution in [0.4, 0.5) is 13.6 Å². The number of aryl methyl sites for hydroxylation is 2. The Kier molecular flexibility index (Phi) is 9.35. The Bertz CT molecular complexity index is 1280. The van der Waals surface area contributed by atoms with Crippen LogP contribution in [-0.2, 0) is 11.3 Å². The third-order valence-electron chi connectivity index (χ3n) is 5.83. The molecule has 1 aromatic carbocycles. The number of hydrogen-bond acceptors (Lipinski definition) is 7. The lowest BCUT2D eigenvalue weighted by molar-refractivity contribution is -0.0889. The molecule has 1 fully saturated rings. The maximum Gasteiger partial charge on any atom is 0.410 e. The molecule has 11 heteroatoms. The SMILES string of the molecule is CC.Cc1ncsc1COc1ccc2sc(C)c(C(=O)NC3CCN(C(=O)OC(C)(C)C)CC3(F)F)c2c1. The number of rotatable bonds is 5. The van der Waals surface area contributed by atoms with Gasteiger partial charge in [0.05, 0.1) is 34.2 Å². The van der Waals surface area contributed by atoms with Crippen molar-refractivity contribution in [1.29, 1.82) is 0 Å². The fourth-order valence-corrected chi connectivity index (χ4v) is 5.74. The molecule has 0 spiro atoms. The van der Waals surface area contributed by atoms with Gasteiger partial charge in [-0.1, -0.05) is 13.8 Å². The first-order valence-electron chi connectivity index (χ1n) is 12.6. The van der Waals surface area contributed by atoms with Crippen LogP contribution < -0.4 is 10.1 Å². The smallest absolute Gasteiger partial charge is 0.410 e. The van der Waals surface area contributed by atoms with Crippen molar-refractivity contribution < 1.29 is 27.8 Å². The molecule has 1 aliphatic rings. The van der Waals surface area contributed by atoms with E-state index < -0.39 is 36.1 Å². The molecule has 1 atom stereocenters. The lowest BCUT2D eigenvalue weighted by Gasteiger charge is -2.39. The fraction of sp³-hybridized carbons (Fsp3) is 0.519. The highest BCUT2D eigenvalue weighted by atomic mass is 32.1. The van der Waals surface area contributed by atoms with Gasteiger partial charge in [-0.2, -0.15) is 0 Å². The number of hydrogen-bond donors (Lipinski definition) is 1. The molecular weight excluding hydrogens is 532 g/mol. The molecule has 2 amide bonds. The van der Waals surface area contributed by atoms with Crippen LogP contribution in [-0.4, -0.2) is 52.5 Å². The standard InChI is InChI=1S/C25H29F2N3O4S2.C2H6/c1-14-19(35-13-28-14)11-33-16-6-7-18-17(10-16)21(15(2)36-18)22(31)29-20-8-9-30(12-25(20,26)27)23(32)34-24(3,4)5;1-2/h6-7,10,13,20H,8-9,11-12H2,1-5H3,(H,29,31);1-2H3. The molecule has 1 N–H and O–H groups in total. The minimum Gasteiger partial charge on any atom is -0.488 e. The quantitative estimate of drug-likeness (QED) is 0.361. The lowest BCUT2D eigenvalue weighted by Crippen LogP contribution is -2.59. The number of thiazole rings is 1. The zero-order valence-corrected chi connectivity index (χ0v) is 24.4. The van der Waals surface area contributed by atoms with E-state index in [1.807, 2.05) is 32.9 Å². The van der Waals surface area contributed by atoms with Gasteiger partial charge in [0.2, 0.25) is 0 Å². The Hall–Kier alpha value is -2.79. The Balaban J connectivity index is 0.00000195. The summed E-state index contributed by atoms with van der Waals surface area (Å²) in [6, 6.07) is 4.07. The monoisotopic (exact) mass is 567 g/mol. The molecule has 4 rings (SSSR count). The zero-order chi connectivity index (χ0) is 28.3. The van der Waals surface area contributed by atoms with Crippen molar-refractivity contribution in [3.05, 3.63) is 44.7 Å². The van der Waals surface area contributed by atoms with Crippen molar-refractivity contribution in [2.24, 2.45) is 0 Å². The average Bonchev–Trinajstić information content (AvgIpc) is 3.40. The Morgan fingerprint density at radius 3 is 2.55 bits per heavy atom. The molecule has 1 aliphatic heterocycles. The van der Waals surface area contributed by atoms with Crippen LogP contribution in [0.25, 0.3) is 10.1 Å². The number of ether oxygens (including phenoxy) is 2. The number of nitrogens with zero attached hydrogens (tertiary/aromatic N) is 2. The highest BCUT2D eigenvalue weighted by Gasteiger charge is 2.47. The van der Waals surface area contributed by atoms with E-state index in [-0.39, 0.29) is 13.0 Å². The number of fused-ring (bicyclic) bond motifs is 1. The fourth-order valence-electron chi connectivity index (χ4n) is 4.02. The van der Waals surface area contributed by atoms with Crippen LogP contribution in [0.15, 0.2) is 23.7 Å². The number of halogens is 2. The van der Waals surface area contributed by atoms with Crippen molar-refractivity contribution in [1.82, 2.24) is 15.2 Å². The number of carbonyl (C=O) groups is 2. The normalized spacial score (nSPS) is 17.0. The number of piperidine rings is 1. The first-order chi connectivity index (χ1) is 17.8. The van der Waals surface area contributed by atoms with Crippen LogP contribution in [0.3, 0.4) is 0 Å². The van der Waals surface area contributed by atoms with Gasteiger partial charge in [0.25, 0.3) is 11.8 Å². The first kappa shape index (κ1) is 29.8. The summed E-state index contributed by atoms with van der Waals surface area (Å²) in [5.41, 5.74) is 2.25. The molecule has 0 bridgehead atoms. The molecule has 3 aromatic rings. The van der Waals surface area contributed by atoms with Crippen molar-refractivity contribution >= 4 is 44.8 Å². The molecule has 208 valence electrons. The van der Waals surface area contributed by atoms with Crippen molar-refractivity contribution in [3.8, 4) is 5.75 Å². The second-order valence-corrected chi connectivity index (χ2v) is 12.0. The molecule has 2 aromatic heterocycles. The van der Waals surface area contributed by atoms with Gasteiger partial charge in [-0.15, -0.1) is 22.7 Å². The first-order valence-corrected chi connectivity index (χ1v) is 14.3. The van der Waals surface area contributed by atoms with Crippen molar-refractivity contribution in [3.63, 3.8) is 0 Å². The van der Waals surface area contributed by atoms with Crippen molar-refractivity contribution in [2.75, 3.05) is 13.1 Å². The average molecular weight is 568 g/mol. The predicted molar refractivity (Wildman–Crippen MR) is 148 cm³/mol. The summed E-state index contributed by atoms with van der Waals surface area (Å²) in [7, 11) is 0. The lowest BCUT2D eigenvalue weighted by atomic mass is 10.00. The highest BCUT2D eigenvalue weighted by molar-refractivity contribution is 7.19. The van der Waals surface area contributed by atoms with Gasteiger partial charge >= 0.3 is 6.09 Å². The number of nitrogens with one attached hydrogen (secondary N) is 1. The van der Waals surface area contributed by atoms with Crippen LogP contribution in [0.5, 0.6) is 5.75 Å². The van der Waals surface area contributed by atoms with E-state index in [4.69, 9.17) is 9.47 Å². The Morgan fingerprint density at radius 2 is 1.95 bits per heavy atom. The number of carbonyl (C=O) groups excluding carboxylic acids is 2. The number of alkyl halides is 2. The number of thiophene rings is 1. The summed E-state index contributed by atoms with van der Waals surface area (Å²) in [6.07, 6.45) is -0.866. The van der Waals surface area contributed by atoms with Crippen LogP contribution in [0.2, 0.25) is 0 Å². The largest absolute Gasteiger partial charge is 0.488 e. The molecule has 3 heterocycles. The Morgan fingerprint density at radius 1 is 1.24 bits per heavy atom. The predicted octanol–water partition coefficient (Wildman–Crippen LogP) is 6.95. The second-order valence-electron chi connectivity index (χ2n) is 9.82. The molecule has 7 nitrogen and oxygen atoms in total.